The smallest absolute Gasteiger partial charge is 0.410 e. The Morgan fingerprint density at radius 3 is 2.70 bits per heavy atom. The van der Waals surface area contributed by atoms with Gasteiger partial charge in [0.25, 0.3) is 0 Å². The first kappa shape index (κ1) is 17.4. The summed E-state index contributed by atoms with van der Waals surface area (Å²) >= 11 is 0. The van der Waals surface area contributed by atoms with Gasteiger partial charge in [0.2, 0.25) is 0 Å². The maximum absolute atomic E-state index is 12.1. The fraction of sp³-hybridized carbons (Fsp3) is 0.421. The number of pyridine rings is 1. The van der Waals surface area contributed by atoms with Crippen LogP contribution in [0.25, 0.3) is 22.3 Å². The SMILES string of the molecule is CC(C)OC(=O)N1CCN(c2ccnc3[nH]c(-c4cnn(C)c4)cc23)CC1. The van der Waals surface area contributed by atoms with Crippen LogP contribution in [0, 0.1) is 0 Å². The minimum absolute atomic E-state index is 0.0962. The number of fused-ring (bicyclic) bond motifs is 1. The fourth-order valence-corrected chi connectivity index (χ4v) is 3.41. The molecule has 1 aliphatic rings. The number of piperazine rings is 1. The molecule has 1 N–H and O–H groups in total. The lowest BCUT2D eigenvalue weighted by Crippen LogP contribution is -2.49. The fourth-order valence-electron chi connectivity index (χ4n) is 3.41. The molecule has 0 unspecified atom stereocenters. The summed E-state index contributed by atoms with van der Waals surface area (Å²) in [5, 5.41) is 5.32. The largest absolute Gasteiger partial charge is 0.447 e. The Bertz CT molecular complexity index is 952. The minimum atomic E-state index is -0.231. The number of ether oxygens (including phenoxy) is 1. The summed E-state index contributed by atoms with van der Waals surface area (Å²) in [5.74, 6) is 0. The predicted octanol–water partition coefficient (Wildman–Crippen LogP) is 2.63. The van der Waals surface area contributed by atoms with Gasteiger partial charge in [0.15, 0.2) is 0 Å². The van der Waals surface area contributed by atoms with Crippen molar-refractivity contribution < 1.29 is 9.53 Å². The van der Waals surface area contributed by atoms with E-state index in [9.17, 15) is 4.79 Å². The summed E-state index contributed by atoms with van der Waals surface area (Å²) in [6, 6.07) is 4.15. The Kier molecular flexibility index (Phi) is 4.47. The van der Waals surface area contributed by atoms with E-state index < -0.39 is 0 Å². The van der Waals surface area contributed by atoms with Crippen LogP contribution in [0.5, 0.6) is 0 Å². The number of rotatable bonds is 3. The number of aromatic nitrogens is 4. The van der Waals surface area contributed by atoms with Crippen molar-refractivity contribution in [2.24, 2.45) is 7.05 Å². The molecule has 0 aromatic carbocycles. The van der Waals surface area contributed by atoms with Gasteiger partial charge in [0, 0.05) is 62.3 Å². The molecule has 0 atom stereocenters. The van der Waals surface area contributed by atoms with Crippen molar-refractivity contribution in [3.05, 3.63) is 30.7 Å². The number of hydrogen-bond donors (Lipinski definition) is 1. The van der Waals surface area contributed by atoms with E-state index in [0.29, 0.717) is 13.1 Å². The van der Waals surface area contributed by atoms with Crippen LogP contribution in [0.2, 0.25) is 0 Å². The molecule has 0 radical (unpaired) electrons. The van der Waals surface area contributed by atoms with E-state index in [1.54, 1.807) is 9.58 Å². The molecular formula is C19H24N6O2. The lowest BCUT2D eigenvalue weighted by Gasteiger charge is -2.36. The van der Waals surface area contributed by atoms with Gasteiger partial charge in [-0.2, -0.15) is 5.10 Å². The number of H-pyrrole nitrogens is 1. The summed E-state index contributed by atoms with van der Waals surface area (Å²) in [7, 11) is 1.90. The van der Waals surface area contributed by atoms with E-state index in [1.165, 1.54) is 0 Å². The van der Waals surface area contributed by atoms with Crippen LogP contribution in [0.1, 0.15) is 13.8 Å². The highest BCUT2D eigenvalue weighted by molar-refractivity contribution is 5.93. The van der Waals surface area contributed by atoms with E-state index in [1.807, 2.05) is 45.6 Å². The molecule has 142 valence electrons. The minimum Gasteiger partial charge on any atom is -0.447 e. The third-order valence-corrected chi connectivity index (χ3v) is 4.74. The summed E-state index contributed by atoms with van der Waals surface area (Å²) < 4.78 is 7.08. The first-order valence-electron chi connectivity index (χ1n) is 9.18. The second-order valence-corrected chi connectivity index (χ2v) is 7.08. The standard InChI is InChI=1S/C19H24N6O2/c1-13(2)27-19(26)25-8-6-24(7-9-25)17-4-5-20-18-15(17)10-16(22-18)14-11-21-23(3)12-14/h4-5,10-13H,6-9H2,1-3H3,(H,20,22). The van der Waals surface area contributed by atoms with Gasteiger partial charge in [-0.25, -0.2) is 9.78 Å². The highest BCUT2D eigenvalue weighted by atomic mass is 16.6. The molecule has 8 heteroatoms. The van der Waals surface area contributed by atoms with E-state index in [-0.39, 0.29) is 12.2 Å². The molecule has 0 saturated carbocycles. The zero-order valence-corrected chi connectivity index (χ0v) is 15.8. The van der Waals surface area contributed by atoms with Crippen LogP contribution in [0.3, 0.4) is 0 Å². The van der Waals surface area contributed by atoms with Gasteiger partial charge in [0.1, 0.15) is 5.65 Å². The summed E-state index contributed by atoms with van der Waals surface area (Å²) in [4.78, 5) is 24.0. The van der Waals surface area contributed by atoms with Crippen molar-refractivity contribution in [1.82, 2.24) is 24.6 Å². The highest BCUT2D eigenvalue weighted by Gasteiger charge is 2.24. The van der Waals surface area contributed by atoms with Gasteiger partial charge in [-0.15, -0.1) is 0 Å². The number of aromatic amines is 1. The van der Waals surface area contributed by atoms with Gasteiger partial charge in [-0.1, -0.05) is 0 Å². The zero-order valence-electron chi connectivity index (χ0n) is 15.8. The second-order valence-electron chi connectivity index (χ2n) is 7.08. The number of aryl methyl sites for hydroxylation is 1. The maximum Gasteiger partial charge on any atom is 0.410 e. The van der Waals surface area contributed by atoms with Gasteiger partial charge in [-0.05, 0) is 26.0 Å². The summed E-state index contributed by atoms with van der Waals surface area (Å²) in [5.41, 5.74) is 4.01. The lowest BCUT2D eigenvalue weighted by atomic mass is 10.2. The van der Waals surface area contributed by atoms with Crippen LogP contribution in [-0.2, 0) is 11.8 Å². The third kappa shape index (κ3) is 3.47. The number of nitrogens with one attached hydrogen (secondary N) is 1. The number of amides is 1. The molecule has 3 aromatic heterocycles. The topological polar surface area (TPSA) is 79.3 Å². The Labute approximate surface area is 157 Å². The van der Waals surface area contributed by atoms with E-state index >= 15 is 0 Å². The van der Waals surface area contributed by atoms with Gasteiger partial charge in [0.05, 0.1) is 18.0 Å². The molecular weight excluding hydrogens is 344 g/mol. The first-order chi connectivity index (χ1) is 13.0. The van der Waals surface area contributed by atoms with Crippen molar-refractivity contribution in [3.63, 3.8) is 0 Å². The van der Waals surface area contributed by atoms with Gasteiger partial charge >= 0.3 is 6.09 Å². The molecule has 0 aliphatic carbocycles. The van der Waals surface area contributed by atoms with E-state index in [0.717, 1.165) is 41.1 Å². The van der Waals surface area contributed by atoms with Crippen molar-refractivity contribution in [3.8, 4) is 11.3 Å². The highest BCUT2D eigenvalue weighted by Crippen LogP contribution is 2.30. The number of carbonyl (C=O) groups excluding carboxylic acids is 1. The Hall–Kier alpha value is -3.03. The van der Waals surface area contributed by atoms with Crippen LogP contribution in [0.15, 0.2) is 30.7 Å². The third-order valence-electron chi connectivity index (χ3n) is 4.74. The predicted molar refractivity (Wildman–Crippen MR) is 104 cm³/mol. The number of nitrogens with zero attached hydrogens (tertiary/aromatic N) is 5. The lowest BCUT2D eigenvalue weighted by molar-refractivity contribution is 0.0751. The van der Waals surface area contributed by atoms with E-state index in [4.69, 9.17) is 4.74 Å². The Morgan fingerprint density at radius 2 is 2.04 bits per heavy atom. The quantitative estimate of drug-likeness (QED) is 0.769. The average molecular weight is 368 g/mol. The monoisotopic (exact) mass is 368 g/mol. The molecule has 4 heterocycles. The molecule has 27 heavy (non-hydrogen) atoms. The van der Waals surface area contributed by atoms with Crippen LogP contribution < -0.4 is 4.90 Å². The van der Waals surface area contributed by atoms with Crippen LogP contribution >= 0.6 is 0 Å². The van der Waals surface area contributed by atoms with Crippen molar-refractivity contribution in [2.75, 3.05) is 31.1 Å². The average Bonchev–Trinajstić information content (AvgIpc) is 3.27. The first-order valence-corrected chi connectivity index (χ1v) is 9.18. The zero-order chi connectivity index (χ0) is 19.0. The molecule has 1 saturated heterocycles. The number of carbonyl (C=O) groups is 1. The molecule has 1 fully saturated rings. The molecule has 1 amide bonds. The van der Waals surface area contributed by atoms with Crippen molar-refractivity contribution in [1.29, 1.82) is 0 Å². The second kappa shape index (κ2) is 6.94. The molecule has 1 aliphatic heterocycles. The van der Waals surface area contributed by atoms with Crippen molar-refractivity contribution in [2.45, 2.75) is 20.0 Å². The summed E-state index contributed by atoms with van der Waals surface area (Å²) in [6.07, 6.45) is 5.30. The van der Waals surface area contributed by atoms with Gasteiger partial charge < -0.3 is 19.5 Å². The van der Waals surface area contributed by atoms with E-state index in [2.05, 4.69) is 26.0 Å². The van der Waals surface area contributed by atoms with Crippen LogP contribution in [-0.4, -0.2) is 63.0 Å². The molecule has 0 spiro atoms. The van der Waals surface area contributed by atoms with Crippen molar-refractivity contribution >= 4 is 22.8 Å². The van der Waals surface area contributed by atoms with Gasteiger partial charge in [-0.3, -0.25) is 4.68 Å². The number of hydrogen-bond acceptors (Lipinski definition) is 5. The molecule has 0 bridgehead atoms. The summed E-state index contributed by atoms with van der Waals surface area (Å²) in [6.45, 7) is 6.56. The maximum atomic E-state index is 12.1. The number of anilines is 1. The molecule has 3 aromatic rings. The van der Waals surface area contributed by atoms with Crippen LogP contribution in [0.4, 0.5) is 10.5 Å². The normalized spacial score (nSPS) is 15.0. The molecule has 8 nitrogen and oxygen atoms in total. The Balaban J connectivity index is 1.54. The Morgan fingerprint density at radius 1 is 1.26 bits per heavy atom. The molecule has 4 rings (SSSR count).